The van der Waals surface area contributed by atoms with Gasteiger partial charge in [-0.05, 0) is 26.3 Å². The minimum absolute atomic E-state index is 0.0474. The van der Waals surface area contributed by atoms with Gasteiger partial charge in [0.05, 0.1) is 12.0 Å². The summed E-state index contributed by atoms with van der Waals surface area (Å²) in [6, 6.07) is 11.7. The molecular weight excluding hydrogens is 330 g/mol. The summed E-state index contributed by atoms with van der Waals surface area (Å²) in [7, 11) is 0. The number of carbonyl (C=O) groups is 2. The molecule has 0 aliphatic carbocycles. The summed E-state index contributed by atoms with van der Waals surface area (Å²) in [5, 5.41) is 11.9. The highest BCUT2D eigenvalue weighted by Crippen LogP contribution is 2.30. The van der Waals surface area contributed by atoms with Gasteiger partial charge in [0.15, 0.2) is 0 Å². The van der Waals surface area contributed by atoms with Gasteiger partial charge in [-0.25, -0.2) is 0 Å². The lowest BCUT2D eigenvalue weighted by atomic mass is 10.1. The molecule has 1 fully saturated rings. The highest BCUT2D eigenvalue weighted by Gasteiger charge is 2.37. The predicted octanol–water partition coefficient (Wildman–Crippen LogP) is 3.32. The normalized spacial score (nSPS) is 17.8. The van der Waals surface area contributed by atoms with E-state index in [4.69, 9.17) is 4.42 Å². The smallest absolute Gasteiger partial charge is 0.232 e. The number of carbonyl (C=O) groups excluding carboxylic acids is 2. The van der Waals surface area contributed by atoms with Crippen LogP contribution in [0.2, 0.25) is 0 Å². The molecule has 6 nitrogen and oxygen atoms in total. The molecule has 2 unspecified atom stereocenters. The Morgan fingerprint density at radius 2 is 2.04 bits per heavy atom. The zero-order valence-corrected chi connectivity index (χ0v) is 15.1. The number of amides is 2. The number of nitrogens with zero attached hydrogens (tertiary/aromatic N) is 2. The first-order chi connectivity index (χ1) is 12.4. The van der Waals surface area contributed by atoms with Crippen molar-refractivity contribution in [2.75, 3.05) is 11.9 Å². The van der Waals surface area contributed by atoms with E-state index in [9.17, 15) is 14.9 Å². The zero-order valence-electron chi connectivity index (χ0n) is 15.1. The van der Waals surface area contributed by atoms with Crippen molar-refractivity contribution in [3.63, 3.8) is 0 Å². The summed E-state index contributed by atoms with van der Waals surface area (Å²) >= 11 is 0. The number of furan rings is 1. The molecule has 0 saturated carbocycles. The molecule has 1 aromatic carbocycles. The zero-order chi connectivity index (χ0) is 18.8. The van der Waals surface area contributed by atoms with Gasteiger partial charge in [-0.2, -0.15) is 5.26 Å². The number of aryl methyl sites for hydroxylation is 1. The van der Waals surface area contributed by atoms with Gasteiger partial charge in [0.1, 0.15) is 17.4 Å². The van der Waals surface area contributed by atoms with E-state index in [1.807, 2.05) is 37.3 Å². The highest BCUT2D eigenvalue weighted by atomic mass is 16.4. The topological polar surface area (TPSA) is 86.3 Å². The molecule has 134 valence electrons. The molecule has 2 heterocycles. The van der Waals surface area contributed by atoms with Crippen LogP contribution in [0.5, 0.6) is 0 Å². The third kappa shape index (κ3) is 3.21. The Bertz CT molecular complexity index is 880. The van der Waals surface area contributed by atoms with Crippen molar-refractivity contribution in [3.05, 3.63) is 52.8 Å². The average Bonchev–Trinajstić information content (AvgIpc) is 3.15. The van der Waals surface area contributed by atoms with Gasteiger partial charge in [0.25, 0.3) is 0 Å². The highest BCUT2D eigenvalue weighted by molar-refractivity contribution is 5.97. The lowest BCUT2D eigenvalue weighted by Gasteiger charge is -2.25. The Labute approximate surface area is 152 Å². The molecule has 3 rings (SSSR count). The number of rotatable bonds is 4. The fourth-order valence-electron chi connectivity index (χ4n) is 3.26. The summed E-state index contributed by atoms with van der Waals surface area (Å²) < 4.78 is 5.48. The Balaban J connectivity index is 1.72. The third-order valence-corrected chi connectivity index (χ3v) is 5.01. The van der Waals surface area contributed by atoms with Crippen molar-refractivity contribution in [2.45, 2.75) is 33.2 Å². The van der Waals surface area contributed by atoms with Gasteiger partial charge in [-0.1, -0.05) is 30.3 Å². The monoisotopic (exact) mass is 351 g/mol. The largest absolute Gasteiger partial charge is 0.444 e. The number of nitrogens with one attached hydrogen (secondary N) is 1. The van der Waals surface area contributed by atoms with Crippen molar-refractivity contribution < 1.29 is 14.0 Å². The van der Waals surface area contributed by atoms with Crippen LogP contribution >= 0.6 is 0 Å². The molecule has 2 amide bonds. The number of hydrogen-bond acceptors (Lipinski definition) is 4. The third-order valence-electron chi connectivity index (χ3n) is 5.01. The van der Waals surface area contributed by atoms with E-state index in [0.29, 0.717) is 23.4 Å². The number of anilines is 1. The molecule has 1 saturated heterocycles. The first-order valence-corrected chi connectivity index (χ1v) is 8.57. The van der Waals surface area contributed by atoms with E-state index in [-0.39, 0.29) is 30.2 Å². The van der Waals surface area contributed by atoms with Crippen LogP contribution < -0.4 is 5.32 Å². The molecule has 0 bridgehead atoms. The molecule has 1 aliphatic rings. The van der Waals surface area contributed by atoms with Crippen LogP contribution in [0.3, 0.4) is 0 Å². The second-order valence-electron chi connectivity index (χ2n) is 6.62. The molecule has 2 atom stereocenters. The lowest BCUT2D eigenvalue weighted by Crippen LogP contribution is -2.30. The Morgan fingerprint density at radius 3 is 2.69 bits per heavy atom. The summed E-state index contributed by atoms with van der Waals surface area (Å²) in [6.07, 6.45) is 0.156. The van der Waals surface area contributed by atoms with Gasteiger partial charge in [-0.3, -0.25) is 14.9 Å². The number of nitriles is 1. The molecule has 6 heteroatoms. The number of benzene rings is 1. The first-order valence-electron chi connectivity index (χ1n) is 8.57. The Morgan fingerprint density at radius 1 is 1.35 bits per heavy atom. The predicted molar refractivity (Wildman–Crippen MR) is 96.2 cm³/mol. The summed E-state index contributed by atoms with van der Waals surface area (Å²) in [4.78, 5) is 26.7. The van der Waals surface area contributed by atoms with Gasteiger partial charge in [0, 0.05) is 18.5 Å². The lowest BCUT2D eigenvalue weighted by molar-refractivity contribution is -0.129. The fraction of sp³-hybridized carbons (Fsp3) is 0.350. The van der Waals surface area contributed by atoms with Crippen LogP contribution in [0.1, 0.15) is 41.8 Å². The molecule has 2 aromatic rings. The van der Waals surface area contributed by atoms with Crippen LogP contribution in [0, 0.1) is 31.1 Å². The van der Waals surface area contributed by atoms with Crippen molar-refractivity contribution in [3.8, 4) is 6.07 Å². The van der Waals surface area contributed by atoms with Gasteiger partial charge in [-0.15, -0.1) is 0 Å². The second kappa shape index (κ2) is 7.04. The summed E-state index contributed by atoms with van der Waals surface area (Å²) in [5.41, 5.74) is 2.07. The number of hydrogen-bond donors (Lipinski definition) is 1. The fourth-order valence-corrected chi connectivity index (χ4v) is 3.26. The maximum Gasteiger partial charge on any atom is 0.232 e. The van der Waals surface area contributed by atoms with Gasteiger partial charge >= 0.3 is 0 Å². The number of likely N-dealkylation sites (tertiary alicyclic amines) is 1. The SMILES string of the molecule is Cc1oc(NC(=O)C2CC(=O)N(C(C)c3ccccc3)C2)c(C#N)c1C. The van der Waals surface area contributed by atoms with Crippen molar-refractivity contribution in [1.29, 1.82) is 5.26 Å². The van der Waals surface area contributed by atoms with Crippen molar-refractivity contribution in [2.24, 2.45) is 5.92 Å². The molecule has 0 spiro atoms. The maximum atomic E-state index is 12.6. The Kier molecular flexibility index (Phi) is 4.81. The molecule has 0 radical (unpaired) electrons. The van der Waals surface area contributed by atoms with E-state index >= 15 is 0 Å². The Hall–Kier alpha value is -3.07. The molecule has 1 aromatic heterocycles. The average molecular weight is 351 g/mol. The summed E-state index contributed by atoms with van der Waals surface area (Å²) in [5.74, 6) is -0.0562. The molecular formula is C20H21N3O3. The van der Waals surface area contributed by atoms with Gasteiger partial charge < -0.3 is 9.32 Å². The quantitative estimate of drug-likeness (QED) is 0.915. The standard InChI is InChI=1S/C20H21N3O3/c1-12-14(3)26-20(17(12)10-21)22-19(25)16-9-18(24)23(11-16)13(2)15-7-5-4-6-8-15/h4-8,13,16H,9,11H2,1-3H3,(H,22,25). The van der Waals surface area contributed by atoms with Crippen LogP contribution in [0.15, 0.2) is 34.7 Å². The van der Waals surface area contributed by atoms with Crippen molar-refractivity contribution in [1.82, 2.24) is 4.90 Å². The van der Waals surface area contributed by atoms with Crippen LogP contribution in [0.25, 0.3) is 0 Å². The van der Waals surface area contributed by atoms with Crippen LogP contribution in [-0.2, 0) is 9.59 Å². The second-order valence-corrected chi connectivity index (χ2v) is 6.62. The van der Waals surface area contributed by atoms with E-state index < -0.39 is 5.92 Å². The minimum Gasteiger partial charge on any atom is -0.444 e. The van der Waals surface area contributed by atoms with E-state index in [0.717, 1.165) is 5.56 Å². The van der Waals surface area contributed by atoms with Crippen LogP contribution in [-0.4, -0.2) is 23.3 Å². The first kappa shape index (κ1) is 17.7. The molecule has 1 aliphatic heterocycles. The van der Waals surface area contributed by atoms with Crippen molar-refractivity contribution >= 4 is 17.7 Å². The van der Waals surface area contributed by atoms with Gasteiger partial charge in [0.2, 0.25) is 17.7 Å². The maximum absolute atomic E-state index is 12.6. The molecule has 1 N–H and O–H groups in total. The summed E-state index contributed by atoms with van der Waals surface area (Å²) in [6.45, 7) is 5.82. The van der Waals surface area contributed by atoms with Crippen LogP contribution in [0.4, 0.5) is 5.88 Å². The van der Waals surface area contributed by atoms with E-state index in [1.165, 1.54) is 0 Å². The minimum atomic E-state index is -0.467. The van der Waals surface area contributed by atoms with E-state index in [2.05, 4.69) is 11.4 Å². The van der Waals surface area contributed by atoms with E-state index in [1.54, 1.807) is 18.7 Å². The molecule has 26 heavy (non-hydrogen) atoms.